The fourth-order valence-corrected chi connectivity index (χ4v) is 1.35. The number of pyridine rings is 1. The van der Waals surface area contributed by atoms with Gasteiger partial charge in [0.2, 0.25) is 0 Å². The van der Waals surface area contributed by atoms with Crippen LogP contribution in [-0.2, 0) is 0 Å². The summed E-state index contributed by atoms with van der Waals surface area (Å²) in [7, 11) is 0. The number of hydrogen-bond acceptors (Lipinski definition) is 3. The molecule has 3 nitrogen and oxygen atoms in total. The number of aromatic nitrogens is 1. The molecule has 1 aromatic heterocycles. The summed E-state index contributed by atoms with van der Waals surface area (Å²) in [5, 5.41) is 11.3. The Morgan fingerprint density at radius 2 is 1.89 bits per heavy atom. The van der Waals surface area contributed by atoms with E-state index in [0.717, 1.165) is 12.1 Å². The predicted octanol–water partition coefficient (Wildman–Crippen LogP) is 3.11. The average Bonchev–Trinajstić information content (AvgIpc) is 2.40. The van der Waals surface area contributed by atoms with Crippen LogP contribution < -0.4 is 5.32 Å². The Balaban J connectivity index is 2.41. The van der Waals surface area contributed by atoms with E-state index >= 15 is 0 Å². The van der Waals surface area contributed by atoms with Crippen LogP contribution in [0.3, 0.4) is 0 Å². The number of hydrogen-bond donors (Lipinski definition) is 1. The summed E-state index contributed by atoms with van der Waals surface area (Å²) in [4.78, 5) is 3.82. The highest BCUT2D eigenvalue weighted by molar-refractivity contribution is 5.62. The maximum atomic E-state index is 13.4. The third-order valence-electron chi connectivity index (χ3n) is 2.22. The number of rotatable bonds is 2. The SMILES string of the molecule is N#Cc1cccnc1Nc1ccc(F)c(F)c1F. The standard InChI is InChI=1S/C12H6F3N3/c13-8-3-4-9(11(15)10(8)14)18-12-7(6-16)2-1-5-17-12/h1-5H,(H,17,18). The quantitative estimate of drug-likeness (QED) is 0.832. The van der Waals surface area contributed by atoms with Crippen LogP contribution in [0.1, 0.15) is 5.56 Å². The second-order valence-electron chi connectivity index (χ2n) is 3.36. The van der Waals surface area contributed by atoms with Gasteiger partial charge in [0.1, 0.15) is 11.9 Å². The molecule has 1 N–H and O–H groups in total. The zero-order valence-corrected chi connectivity index (χ0v) is 8.92. The van der Waals surface area contributed by atoms with E-state index in [9.17, 15) is 13.2 Å². The minimum absolute atomic E-state index is 0.0740. The molecular weight excluding hydrogens is 243 g/mol. The number of nitrogens with one attached hydrogen (secondary N) is 1. The van der Waals surface area contributed by atoms with Crippen molar-refractivity contribution in [3.8, 4) is 6.07 Å². The summed E-state index contributed by atoms with van der Waals surface area (Å²) in [6.45, 7) is 0. The molecule has 0 unspecified atom stereocenters. The van der Waals surface area contributed by atoms with Crippen LogP contribution in [0, 0.1) is 28.8 Å². The number of halogens is 3. The second-order valence-corrected chi connectivity index (χ2v) is 3.36. The van der Waals surface area contributed by atoms with Crippen molar-refractivity contribution in [2.45, 2.75) is 0 Å². The molecular formula is C12H6F3N3. The average molecular weight is 249 g/mol. The van der Waals surface area contributed by atoms with E-state index in [2.05, 4.69) is 10.3 Å². The van der Waals surface area contributed by atoms with E-state index in [4.69, 9.17) is 5.26 Å². The van der Waals surface area contributed by atoms with Crippen LogP contribution in [0.2, 0.25) is 0 Å². The largest absolute Gasteiger partial charge is 0.337 e. The molecule has 0 aliphatic heterocycles. The lowest BCUT2D eigenvalue weighted by molar-refractivity contribution is 0.449. The monoisotopic (exact) mass is 249 g/mol. The molecule has 90 valence electrons. The Kier molecular flexibility index (Phi) is 3.15. The molecule has 1 aromatic carbocycles. The first-order valence-electron chi connectivity index (χ1n) is 4.89. The Bertz CT molecular complexity index is 635. The normalized spacial score (nSPS) is 9.89. The summed E-state index contributed by atoms with van der Waals surface area (Å²) in [6.07, 6.45) is 1.39. The van der Waals surface area contributed by atoms with Gasteiger partial charge >= 0.3 is 0 Å². The number of nitriles is 1. The van der Waals surface area contributed by atoms with Crippen molar-refractivity contribution in [1.82, 2.24) is 4.98 Å². The van der Waals surface area contributed by atoms with E-state index in [0.29, 0.717) is 0 Å². The van der Waals surface area contributed by atoms with Crippen molar-refractivity contribution in [2.24, 2.45) is 0 Å². The lowest BCUT2D eigenvalue weighted by atomic mass is 10.2. The number of anilines is 2. The minimum Gasteiger partial charge on any atom is -0.337 e. The van der Waals surface area contributed by atoms with Crippen molar-refractivity contribution in [1.29, 1.82) is 5.26 Å². The molecule has 2 rings (SSSR count). The maximum Gasteiger partial charge on any atom is 0.196 e. The lowest BCUT2D eigenvalue weighted by Gasteiger charge is -2.08. The predicted molar refractivity (Wildman–Crippen MR) is 58.6 cm³/mol. The van der Waals surface area contributed by atoms with Crippen LogP contribution in [0.4, 0.5) is 24.7 Å². The van der Waals surface area contributed by atoms with Gasteiger partial charge < -0.3 is 5.32 Å². The fraction of sp³-hybridized carbons (Fsp3) is 0. The van der Waals surface area contributed by atoms with Crippen molar-refractivity contribution < 1.29 is 13.2 Å². The molecule has 0 amide bonds. The van der Waals surface area contributed by atoms with Crippen LogP contribution in [0.15, 0.2) is 30.5 Å². The van der Waals surface area contributed by atoms with Gasteiger partial charge in [0, 0.05) is 6.20 Å². The van der Waals surface area contributed by atoms with Gasteiger partial charge in [-0.15, -0.1) is 0 Å². The van der Waals surface area contributed by atoms with E-state index in [1.165, 1.54) is 18.3 Å². The molecule has 0 fully saturated rings. The van der Waals surface area contributed by atoms with Gasteiger partial charge in [-0.05, 0) is 24.3 Å². The Hall–Kier alpha value is -2.55. The van der Waals surface area contributed by atoms with E-state index in [1.807, 2.05) is 6.07 Å². The summed E-state index contributed by atoms with van der Waals surface area (Å²) in [6, 6.07) is 6.66. The molecule has 0 saturated carbocycles. The van der Waals surface area contributed by atoms with Gasteiger partial charge in [0.05, 0.1) is 11.3 Å². The Labute approximate surface area is 101 Å². The summed E-state index contributed by atoms with van der Waals surface area (Å²) < 4.78 is 39.1. The molecule has 0 saturated heterocycles. The highest BCUT2D eigenvalue weighted by atomic mass is 19.2. The van der Waals surface area contributed by atoms with Gasteiger partial charge in [-0.3, -0.25) is 0 Å². The molecule has 0 aliphatic rings. The van der Waals surface area contributed by atoms with Gasteiger partial charge in [-0.2, -0.15) is 5.26 Å². The molecule has 0 radical (unpaired) electrons. The Morgan fingerprint density at radius 3 is 2.61 bits per heavy atom. The fourth-order valence-electron chi connectivity index (χ4n) is 1.35. The third kappa shape index (κ3) is 2.11. The van der Waals surface area contributed by atoms with Crippen LogP contribution in [0.5, 0.6) is 0 Å². The molecule has 0 atom stereocenters. The highest BCUT2D eigenvalue weighted by Gasteiger charge is 2.14. The molecule has 0 bridgehead atoms. The molecule has 0 aliphatic carbocycles. The van der Waals surface area contributed by atoms with Crippen molar-refractivity contribution >= 4 is 11.5 Å². The first kappa shape index (κ1) is 11.9. The van der Waals surface area contributed by atoms with Crippen molar-refractivity contribution in [3.63, 3.8) is 0 Å². The van der Waals surface area contributed by atoms with Gasteiger partial charge in [0.25, 0.3) is 0 Å². The minimum atomic E-state index is -1.57. The second kappa shape index (κ2) is 4.75. The summed E-state index contributed by atoms with van der Waals surface area (Å²) in [5.74, 6) is -4.14. The molecule has 0 spiro atoms. The first-order valence-corrected chi connectivity index (χ1v) is 4.89. The van der Waals surface area contributed by atoms with Crippen molar-refractivity contribution in [3.05, 3.63) is 53.5 Å². The van der Waals surface area contributed by atoms with Gasteiger partial charge in [-0.25, -0.2) is 18.2 Å². The van der Waals surface area contributed by atoms with Crippen LogP contribution in [0.25, 0.3) is 0 Å². The first-order chi connectivity index (χ1) is 8.63. The van der Waals surface area contributed by atoms with Crippen molar-refractivity contribution in [2.75, 3.05) is 5.32 Å². The third-order valence-corrected chi connectivity index (χ3v) is 2.22. The topological polar surface area (TPSA) is 48.7 Å². The zero-order chi connectivity index (χ0) is 13.1. The summed E-state index contributed by atoms with van der Waals surface area (Å²) in [5.41, 5.74) is -0.120. The van der Waals surface area contributed by atoms with Gasteiger partial charge in [0.15, 0.2) is 17.5 Å². The number of benzene rings is 1. The van der Waals surface area contributed by atoms with E-state index in [-0.39, 0.29) is 17.1 Å². The van der Waals surface area contributed by atoms with Crippen LogP contribution in [-0.4, -0.2) is 4.98 Å². The van der Waals surface area contributed by atoms with Gasteiger partial charge in [-0.1, -0.05) is 0 Å². The smallest absolute Gasteiger partial charge is 0.196 e. The maximum absolute atomic E-state index is 13.4. The number of nitrogens with zero attached hydrogens (tertiary/aromatic N) is 2. The summed E-state index contributed by atoms with van der Waals surface area (Å²) >= 11 is 0. The zero-order valence-electron chi connectivity index (χ0n) is 8.92. The van der Waals surface area contributed by atoms with E-state index < -0.39 is 17.5 Å². The molecule has 2 aromatic rings. The Morgan fingerprint density at radius 1 is 1.11 bits per heavy atom. The highest BCUT2D eigenvalue weighted by Crippen LogP contribution is 2.23. The van der Waals surface area contributed by atoms with Crippen LogP contribution >= 0.6 is 0 Å². The molecule has 1 heterocycles. The lowest BCUT2D eigenvalue weighted by Crippen LogP contribution is -2.01. The van der Waals surface area contributed by atoms with E-state index in [1.54, 1.807) is 0 Å². The molecule has 6 heteroatoms. The molecule has 18 heavy (non-hydrogen) atoms.